The van der Waals surface area contributed by atoms with Gasteiger partial charge in [-0.2, -0.15) is 0 Å². The standard InChI is InChI=1S/C6H12N4.HNO3/c1-5-3-4-9(2)10(5)6(7)8;2-1(3)4/h3H,4H2,1-2H3,(H3,7,8);(H,2,3,4). The monoisotopic (exact) mass is 203 g/mol. The van der Waals surface area contributed by atoms with Gasteiger partial charge in [-0.3, -0.25) is 5.41 Å². The highest BCUT2D eigenvalue weighted by atomic mass is 16.9. The van der Waals surface area contributed by atoms with E-state index in [1.54, 1.807) is 5.01 Å². The van der Waals surface area contributed by atoms with Crippen LogP contribution in [0, 0.1) is 15.5 Å². The molecule has 1 rings (SSSR count). The lowest BCUT2D eigenvalue weighted by Gasteiger charge is -2.25. The van der Waals surface area contributed by atoms with Gasteiger partial charge in [0.05, 0.1) is 0 Å². The molecule has 0 spiro atoms. The fourth-order valence-electron chi connectivity index (χ4n) is 1.08. The minimum atomic E-state index is -1.50. The van der Waals surface area contributed by atoms with E-state index in [1.165, 1.54) is 0 Å². The van der Waals surface area contributed by atoms with Gasteiger partial charge in [0, 0.05) is 19.3 Å². The number of nitrogens with zero attached hydrogens (tertiary/aromatic N) is 3. The molecule has 0 radical (unpaired) electrons. The number of guanidine groups is 1. The molecule has 0 saturated heterocycles. The third kappa shape index (κ3) is 3.72. The molecule has 8 heteroatoms. The second-order valence-electron chi connectivity index (χ2n) is 2.62. The first kappa shape index (κ1) is 12.2. The van der Waals surface area contributed by atoms with E-state index in [-0.39, 0.29) is 5.96 Å². The van der Waals surface area contributed by atoms with Crippen LogP contribution < -0.4 is 5.73 Å². The second kappa shape index (κ2) is 5.02. The highest BCUT2D eigenvalue weighted by Gasteiger charge is 2.18. The molecule has 8 nitrogen and oxygen atoms in total. The maximum absolute atomic E-state index is 8.36. The lowest BCUT2D eigenvalue weighted by atomic mass is 10.4. The van der Waals surface area contributed by atoms with Crippen molar-refractivity contribution in [2.45, 2.75) is 6.92 Å². The number of allylic oxidation sites excluding steroid dienone is 1. The first-order chi connectivity index (χ1) is 6.36. The summed E-state index contributed by atoms with van der Waals surface area (Å²) in [5.74, 6) is 0.0775. The van der Waals surface area contributed by atoms with E-state index in [0.717, 1.165) is 12.2 Å². The summed E-state index contributed by atoms with van der Waals surface area (Å²) in [6.07, 6.45) is 2.03. The maximum atomic E-state index is 8.36. The third-order valence-corrected chi connectivity index (χ3v) is 1.55. The van der Waals surface area contributed by atoms with E-state index >= 15 is 0 Å². The first-order valence-corrected chi connectivity index (χ1v) is 3.71. The van der Waals surface area contributed by atoms with Gasteiger partial charge in [-0.25, -0.2) is 10.0 Å². The van der Waals surface area contributed by atoms with Crippen LogP contribution in [0.2, 0.25) is 0 Å². The average Bonchev–Trinajstić information content (AvgIpc) is 2.29. The van der Waals surface area contributed by atoms with Crippen molar-refractivity contribution in [3.8, 4) is 0 Å². The van der Waals surface area contributed by atoms with Crippen LogP contribution in [0.3, 0.4) is 0 Å². The summed E-state index contributed by atoms with van der Waals surface area (Å²) in [4.78, 5) is 8.36. The topological polar surface area (TPSA) is 120 Å². The molecule has 4 N–H and O–H groups in total. The smallest absolute Gasteiger partial charge is 0.291 e. The van der Waals surface area contributed by atoms with Crippen molar-refractivity contribution >= 4 is 5.96 Å². The van der Waals surface area contributed by atoms with Gasteiger partial charge in [-0.15, -0.1) is 10.1 Å². The first-order valence-electron chi connectivity index (χ1n) is 3.71. The van der Waals surface area contributed by atoms with Gasteiger partial charge in [0.2, 0.25) is 5.96 Å². The number of likely N-dealkylation sites (N-methyl/N-ethyl adjacent to an activating group) is 1. The molecular formula is C6H13N5O3. The van der Waals surface area contributed by atoms with Gasteiger partial charge in [0.15, 0.2) is 0 Å². The molecule has 80 valence electrons. The van der Waals surface area contributed by atoms with E-state index in [0.29, 0.717) is 0 Å². The SMILES string of the molecule is CC1=CCN(C)N1C(=N)N.O=[N+]([O-])O. The van der Waals surface area contributed by atoms with Gasteiger partial charge in [0.25, 0.3) is 5.09 Å². The molecule has 0 fully saturated rings. The highest BCUT2D eigenvalue weighted by Crippen LogP contribution is 2.12. The molecule has 0 atom stereocenters. The molecule has 0 aromatic rings. The van der Waals surface area contributed by atoms with Crippen molar-refractivity contribution < 1.29 is 10.3 Å². The summed E-state index contributed by atoms with van der Waals surface area (Å²) in [5.41, 5.74) is 6.33. The van der Waals surface area contributed by atoms with Gasteiger partial charge in [-0.05, 0) is 13.0 Å². The minimum Gasteiger partial charge on any atom is -0.369 e. The average molecular weight is 203 g/mol. The molecule has 0 amide bonds. The Balaban J connectivity index is 0.000000364. The highest BCUT2D eigenvalue weighted by molar-refractivity contribution is 5.76. The van der Waals surface area contributed by atoms with Gasteiger partial charge in [-0.1, -0.05) is 0 Å². The zero-order valence-electron chi connectivity index (χ0n) is 7.97. The zero-order valence-corrected chi connectivity index (χ0v) is 7.97. The number of hydrogen-bond donors (Lipinski definition) is 3. The van der Waals surface area contributed by atoms with Crippen molar-refractivity contribution in [3.63, 3.8) is 0 Å². The third-order valence-electron chi connectivity index (χ3n) is 1.55. The Morgan fingerprint density at radius 1 is 1.86 bits per heavy atom. The number of nitrogens with one attached hydrogen (secondary N) is 1. The number of hydrazine groups is 1. The van der Waals surface area contributed by atoms with Crippen LogP contribution in [-0.4, -0.2) is 39.9 Å². The van der Waals surface area contributed by atoms with Crippen molar-refractivity contribution in [2.24, 2.45) is 5.73 Å². The second-order valence-corrected chi connectivity index (χ2v) is 2.62. The maximum Gasteiger partial charge on any atom is 0.291 e. The molecule has 0 aliphatic carbocycles. The van der Waals surface area contributed by atoms with Crippen molar-refractivity contribution in [1.29, 1.82) is 5.41 Å². The Morgan fingerprint density at radius 2 is 2.29 bits per heavy atom. The van der Waals surface area contributed by atoms with Crippen LogP contribution in [0.25, 0.3) is 0 Å². The van der Waals surface area contributed by atoms with Crippen LogP contribution in [0.15, 0.2) is 11.8 Å². The number of nitrogens with two attached hydrogens (primary N) is 1. The van der Waals surface area contributed by atoms with Crippen molar-refractivity contribution in [2.75, 3.05) is 13.6 Å². The fourth-order valence-corrected chi connectivity index (χ4v) is 1.08. The molecule has 0 aromatic carbocycles. The summed E-state index contributed by atoms with van der Waals surface area (Å²) >= 11 is 0. The quantitative estimate of drug-likeness (QED) is 0.213. The Kier molecular flexibility index (Phi) is 4.36. The van der Waals surface area contributed by atoms with Crippen LogP contribution in [0.5, 0.6) is 0 Å². The van der Waals surface area contributed by atoms with E-state index < -0.39 is 5.09 Å². The Hall–Kier alpha value is -1.83. The van der Waals surface area contributed by atoms with Gasteiger partial charge < -0.3 is 10.9 Å². The molecule has 14 heavy (non-hydrogen) atoms. The molecule has 0 bridgehead atoms. The molecule has 0 aromatic heterocycles. The zero-order chi connectivity index (χ0) is 11.3. The molecular weight excluding hydrogens is 190 g/mol. The summed E-state index contributed by atoms with van der Waals surface area (Å²) in [6, 6.07) is 0. The lowest BCUT2D eigenvalue weighted by Crippen LogP contribution is -2.42. The Labute approximate surface area is 80.8 Å². The summed E-state index contributed by atoms with van der Waals surface area (Å²) in [5, 5.41) is 24.4. The number of hydrogen-bond acceptors (Lipinski definition) is 4. The van der Waals surface area contributed by atoms with Crippen molar-refractivity contribution in [3.05, 3.63) is 21.9 Å². The van der Waals surface area contributed by atoms with Crippen LogP contribution >= 0.6 is 0 Å². The summed E-state index contributed by atoms with van der Waals surface area (Å²) in [7, 11) is 1.90. The molecule has 0 saturated carbocycles. The molecule has 1 heterocycles. The van der Waals surface area contributed by atoms with Gasteiger partial charge in [0.1, 0.15) is 0 Å². The normalized spacial score (nSPS) is 15.6. The molecule has 1 aliphatic heterocycles. The van der Waals surface area contributed by atoms with E-state index in [9.17, 15) is 0 Å². The predicted molar refractivity (Wildman–Crippen MR) is 48.9 cm³/mol. The number of rotatable bonds is 0. The van der Waals surface area contributed by atoms with E-state index in [4.69, 9.17) is 26.5 Å². The summed E-state index contributed by atoms with van der Waals surface area (Å²) in [6.45, 7) is 2.77. The lowest BCUT2D eigenvalue weighted by molar-refractivity contribution is -0.742. The summed E-state index contributed by atoms with van der Waals surface area (Å²) < 4.78 is 0. The van der Waals surface area contributed by atoms with Crippen LogP contribution in [-0.2, 0) is 0 Å². The van der Waals surface area contributed by atoms with Crippen LogP contribution in [0.4, 0.5) is 0 Å². The van der Waals surface area contributed by atoms with Crippen LogP contribution in [0.1, 0.15) is 6.92 Å². The molecule has 0 unspecified atom stereocenters. The van der Waals surface area contributed by atoms with E-state index in [1.807, 2.05) is 25.1 Å². The largest absolute Gasteiger partial charge is 0.369 e. The fraction of sp³-hybridized carbons (Fsp3) is 0.500. The Bertz CT molecular complexity index is 260. The molecule has 1 aliphatic rings. The Morgan fingerprint density at radius 3 is 2.43 bits per heavy atom. The predicted octanol–water partition coefficient (Wildman–Crippen LogP) is -0.402. The van der Waals surface area contributed by atoms with Crippen molar-refractivity contribution in [1.82, 2.24) is 10.0 Å². The van der Waals surface area contributed by atoms with Gasteiger partial charge >= 0.3 is 0 Å². The minimum absolute atomic E-state index is 0.0775. The van der Waals surface area contributed by atoms with E-state index in [2.05, 4.69) is 0 Å².